The number of rotatable bonds is 1. The second kappa shape index (κ2) is 2.08. The van der Waals surface area contributed by atoms with E-state index >= 15 is 0 Å². The summed E-state index contributed by atoms with van der Waals surface area (Å²) < 4.78 is 5.07. The topological polar surface area (TPSA) is 54.7 Å². The number of nitrogens with one attached hydrogen (secondary N) is 1. The highest BCUT2D eigenvalue weighted by atomic mass is 16.5. The summed E-state index contributed by atoms with van der Waals surface area (Å²) in [5, 5.41) is 3.78. The number of aromatic amines is 1. The van der Waals surface area contributed by atoms with Crippen LogP contribution in [0.5, 0.6) is 0 Å². The molecule has 2 aromatic heterocycles. The maximum Gasteiger partial charge on any atom is 0.220 e. The molecule has 0 radical (unpaired) electrons. The van der Waals surface area contributed by atoms with Crippen LogP contribution >= 0.6 is 0 Å². The van der Waals surface area contributed by atoms with Gasteiger partial charge in [0.1, 0.15) is 5.52 Å². The van der Waals surface area contributed by atoms with Gasteiger partial charge in [-0.05, 0) is 0 Å². The Bertz CT molecular complexity index is 360. The largest absolute Gasteiger partial charge is 0.357 e. The number of hydrogen-bond acceptors (Lipinski definition) is 3. The van der Waals surface area contributed by atoms with E-state index in [1.165, 1.54) is 0 Å². The van der Waals surface area contributed by atoms with Gasteiger partial charge >= 0.3 is 0 Å². The van der Waals surface area contributed by atoms with Crippen LogP contribution in [-0.4, -0.2) is 15.1 Å². The Hall–Kier alpha value is -1.32. The molecule has 1 N–H and O–H groups in total. The zero-order valence-corrected chi connectivity index (χ0v) is 6.46. The molecule has 0 amide bonds. The molecule has 0 spiro atoms. The van der Waals surface area contributed by atoms with Crippen LogP contribution in [0.3, 0.4) is 0 Å². The van der Waals surface area contributed by atoms with E-state index in [4.69, 9.17) is 4.52 Å². The number of aromatic nitrogens is 3. The highest BCUT2D eigenvalue weighted by molar-refractivity contribution is 5.72. The van der Waals surface area contributed by atoms with Gasteiger partial charge in [-0.15, -0.1) is 0 Å². The molecule has 0 aliphatic carbocycles. The summed E-state index contributed by atoms with van der Waals surface area (Å²) in [4.78, 5) is 6.94. The van der Waals surface area contributed by atoms with Gasteiger partial charge in [-0.1, -0.05) is 19.0 Å². The summed E-state index contributed by atoms with van der Waals surface area (Å²) in [6.07, 6.45) is 1.62. The first kappa shape index (κ1) is 6.39. The van der Waals surface area contributed by atoms with Crippen LogP contribution in [0.15, 0.2) is 10.9 Å². The van der Waals surface area contributed by atoms with Crippen LogP contribution in [0, 0.1) is 0 Å². The SMILES string of the molecule is CC(C)c1onc2nc[nH]c12. The summed E-state index contributed by atoms with van der Waals surface area (Å²) in [5.41, 5.74) is 1.58. The van der Waals surface area contributed by atoms with E-state index in [1.54, 1.807) is 6.33 Å². The molecule has 0 atom stereocenters. The smallest absolute Gasteiger partial charge is 0.220 e. The van der Waals surface area contributed by atoms with E-state index < -0.39 is 0 Å². The maximum atomic E-state index is 5.07. The fourth-order valence-electron chi connectivity index (χ4n) is 1.07. The standard InChI is InChI=1S/C7H9N3O/c1-4(2)6-5-7(10-11-6)9-3-8-5/h3-4H,1-2H3,(H,8,9,10). The molecular weight excluding hydrogens is 142 g/mol. The summed E-state index contributed by atoms with van der Waals surface area (Å²) >= 11 is 0. The molecule has 0 saturated carbocycles. The lowest BCUT2D eigenvalue weighted by Gasteiger charge is -1.94. The zero-order chi connectivity index (χ0) is 7.84. The van der Waals surface area contributed by atoms with Crippen molar-refractivity contribution in [1.29, 1.82) is 0 Å². The third-order valence-electron chi connectivity index (χ3n) is 1.62. The van der Waals surface area contributed by atoms with Gasteiger partial charge in [0.15, 0.2) is 5.76 Å². The van der Waals surface area contributed by atoms with Crippen LogP contribution in [0.1, 0.15) is 25.5 Å². The quantitative estimate of drug-likeness (QED) is 0.674. The van der Waals surface area contributed by atoms with Crippen molar-refractivity contribution in [3.8, 4) is 0 Å². The van der Waals surface area contributed by atoms with Crippen molar-refractivity contribution in [3.63, 3.8) is 0 Å². The minimum atomic E-state index is 0.348. The average Bonchev–Trinajstić information content (AvgIpc) is 2.41. The lowest BCUT2D eigenvalue weighted by molar-refractivity contribution is 0.376. The minimum Gasteiger partial charge on any atom is -0.357 e. The fraction of sp³-hybridized carbons (Fsp3) is 0.429. The molecular formula is C7H9N3O. The highest BCUT2D eigenvalue weighted by Gasteiger charge is 2.12. The van der Waals surface area contributed by atoms with Crippen molar-refractivity contribution in [2.24, 2.45) is 0 Å². The molecule has 58 valence electrons. The van der Waals surface area contributed by atoms with E-state index in [1.807, 2.05) is 0 Å². The first-order valence-electron chi connectivity index (χ1n) is 3.57. The molecule has 0 saturated heterocycles. The third-order valence-corrected chi connectivity index (χ3v) is 1.62. The van der Waals surface area contributed by atoms with Crippen LogP contribution in [0.4, 0.5) is 0 Å². The van der Waals surface area contributed by atoms with Crippen molar-refractivity contribution in [1.82, 2.24) is 15.1 Å². The second-order valence-electron chi connectivity index (χ2n) is 2.80. The predicted molar refractivity (Wildman–Crippen MR) is 40.2 cm³/mol. The van der Waals surface area contributed by atoms with Gasteiger partial charge in [-0.25, -0.2) is 4.98 Å². The van der Waals surface area contributed by atoms with Crippen molar-refractivity contribution in [2.45, 2.75) is 19.8 Å². The van der Waals surface area contributed by atoms with Gasteiger partial charge in [0.05, 0.1) is 6.33 Å². The number of imidazole rings is 1. The normalized spacial score (nSPS) is 11.5. The Kier molecular flexibility index (Phi) is 1.21. The van der Waals surface area contributed by atoms with Crippen molar-refractivity contribution < 1.29 is 4.52 Å². The lowest BCUT2D eigenvalue weighted by Crippen LogP contribution is -1.83. The molecule has 0 fully saturated rings. The van der Waals surface area contributed by atoms with Gasteiger partial charge < -0.3 is 9.51 Å². The molecule has 2 heterocycles. The first-order valence-corrected chi connectivity index (χ1v) is 3.57. The van der Waals surface area contributed by atoms with Crippen LogP contribution in [0.2, 0.25) is 0 Å². The van der Waals surface area contributed by atoms with Crippen molar-refractivity contribution >= 4 is 11.2 Å². The van der Waals surface area contributed by atoms with Gasteiger partial charge in [0.25, 0.3) is 0 Å². The highest BCUT2D eigenvalue weighted by Crippen LogP contribution is 2.21. The molecule has 0 aliphatic rings. The first-order chi connectivity index (χ1) is 5.29. The summed E-state index contributed by atoms with van der Waals surface area (Å²) in [6.45, 7) is 4.11. The van der Waals surface area contributed by atoms with E-state index in [-0.39, 0.29) is 0 Å². The van der Waals surface area contributed by atoms with Crippen molar-refractivity contribution in [2.75, 3.05) is 0 Å². The minimum absolute atomic E-state index is 0.348. The Morgan fingerprint density at radius 3 is 3.09 bits per heavy atom. The lowest BCUT2D eigenvalue weighted by atomic mass is 10.1. The number of hydrogen-bond donors (Lipinski definition) is 1. The van der Waals surface area contributed by atoms with E-state index in [0.29, 0.717) is 11.6 Å². The molecule has 4 nitrogen and oxygen atoms in total. The number of H-pyrrole nitrogens is 1. The van der Waals surface area contributed by atoms with Crippen LogP contribution in [-0.2, 0) is 0 Å². The van der Waals surface area contributed by atoms with E-state index in [9.17, 15) is 0 Å². The van der Waals surface area contributed by atoms with Crippen molar-refractivity contribution in [3.05, 3.63) is 12.1 Å². The van der Waals surface area contributed by atoms with Gasteiger partial charge in [0, 0.05) is 5.92 Å². The van der Waals surface area contributed by atoms with Gasteiger partial charge in [0.2, 0.25) is 5.65 Å². The van der Waals surface area contributed by atoms with Gasteiger partial charge in [-0.3, -0.25) is 0 Å². The Balaban J connectivity index is 2.68. The second-order valence-corrected chi connectivity index (χ2v) is 2.80. The summed E-state index contributed by atoms with van der Waals surface area (Å²) in [7, 11) is 0. The molecule has 0 aliphatic heterocycles. The molecule has 0 unspecified atom stereocenters. The maximum absolute atomic E-state index is 5.07. The molecule has 0 bridgehead atoms. The van der Waals surface area contributed by atoms with Crippen LogP contribution in [0.25, 0.3) is 11.2 Å². The zero-order valence-electron chi connectivity index (χ0n) is 6.46. The number of nitrogens with zero attached hydrogens (tertiary/aromatic N) is 2. The third kappa shape index (κ3) is 0.824. The Morgan fingerprint density at radius 2 is 2.36 bits per heavy atom. The molecule has 2 rings (SSSR count). The molecule has 0 aromatic carbocycles. The number of fused-ring (bicyclic) bond motifs is 1. The average molecular weight is 151 g/mol. The fourth-order valence-corrected chi connectivity index (χ4v) is 1.07. The monoisotopic (exact) mass is 151 g/mol. The summed E-state index contributed by atoms with van der Waals surface area (Å²) in [6, 6.07) is 0. The van der Waals surface area contributed by atoms with E-state index in [0.717, 1.165) is 11.3 Å². The van der Waals surface area contributed by atoms with Crippen LogP contribution < -0.4 is 0 Å². The summed E-state index contributed by atoms with van der Waals surface area (Å²) in [5.74, 6) is 1.22. The Morgan fingerprint density at radius 1 is 1.55 bits per heavy atom. The van der Waals surface area contributed by atoms with Gasteiger partial charge in [-0.2, -0.15) is 0 Å². The molecule has 4 heteroatoms. The molecule has 2 aromatic rings. The Labute approximate surface area is 63.6 Å². The molecule has 11 heavy (non-hydrogen) atoms. The van der Waals surface area contributed by atoms with E-state index in [2.05, 4.69) is 29.0 Å². The predicted octanol–water partition coefficient (Wildman–Crippen LogP) is 1.67.